The SMILES string of the molecule is CC(C)CC1NC(C(C)C)C(=O)N1CCC(F)(F)F. The third-order valence-electron chi connectivity index (χ3n) is 3.29. The van der Waals surface area contributed by atoms with E-state index >= 15 is 0 Å². The molecule has 1 aliphatic heterocycles. The molecule has 1 saturated heterocycles. The minimum absolute atomic E-state index is 0.0815. The number of hydrogen-bond acceptors (Lipinski definition) is 2. The van der Waals surface area contributed by atoms with Crippen LogP contribution < -0.4 is 5.32 Å². The highest BCUT2D eigenvalue weighted by atomic mass is 19.4. The average Bonchev–Trinajstić information content (AvgIpc) is 2.51. The van der Waals surface area contributed by atoms with Crippen molar-refractivity contribution >= 4 is 5.91 Å². The number of alkyl halides is 3. The summed E-state index contributed by atoms with van der Waals surface area (Å²) < 4.78 is 37.0. The number of carbonyl (C=O) groups excluding carboxylic acids is 1. The van der Waals surface area contributed by atoms with E-state index in [-0.39, 0.29) is 30.6 Å². The van der Waals surface area contributed by atoms with Crippen molar-refractivity contribution in [2.45, 2.75) is 58.9 Å². The number of halogens is 3. The van der Waals surface area contributed by atoms with Crippen LogP contribution in [-0.2, 0) is 4.79 Å². The molecule has 2 atom stereocenters. The second-order valence-corrected chi connectivity index (χ2v) is 5.93. The Labute approximate surface area is 112 Å². The Bertz CT molecular complexity index is 316. The summed E-state index contributed by atoms with van der Waals surface area (Å²) in [5.41, 5.74) is 0. The van der Waals surface area contributed by atoms with Crippen LogP contribution in [0.3, 0.4) is 0 Å². The first kappa shape index (κ1) is 16.3. The molecule has 1 N–H and O–H groups in total. The van der Waals surface area contributed by atoms with Gasteiger partial charge in [-0.05, 0) is 18.3 Å². The van der Waals surface area contributed by atoms with Crippen molar-refractivity contribution in [2.24, 2.45) is 11.8 Å². The van der Waals surface area contributed by atoms with Crippen molar-refractivity contribution in [2.75, 3.05) is 6.54 Å². The molecular formula is C13H23F3N2O. The Morgan fingerprint density at radius 2 is 1.84 bits per heavy atom. The molecule has 19 heavy (non-hydrogen) atoms. The molecule has 0 aliphatic carbocycles. The van der Waals surface area contributed by atoms with Gasteiger partial charge in [0.25, 0.3) is 0 Å². The van der Waals surface area contributed by atoms with Gasteiger partial charge in [0.2, 0.25) is 5.91 Å². The number of nitrogens with one attached hydrogen (secondary N) is 1. The lowest BCUT2D eigenvalue weighted by Gasteiger charge is -2.26. The number of amides is 1. The molecule has 2 unspecified atom stereocenters. The van der Waals surface area contributed by atoms with Gasteiger partial charge in [-0.25, -0.2) is 0 Å². The molecule has 0 saturated carbocycles. The molecule has 0 aromatic heterocycles. The van der Waals surface area contributed by atoms with Crippen LogP contribution in [0, 0.1) is 11.8 Å². The summed E-state index contributed by atoms with van der Waals surface area (Å²) in [4.78, 5) is 13.5. The van der Waals surface area contributed by atoms with E-state index in [1.807, 2.05) is 27.7 Å². The molecule has 1 fully saturated rings. The van der Waals surface area contributed by atoms with Gasteiger partial charge in [0.15, 0.2) is 0 Å². The zero-order valence-electron chi connectivity index (χ0n) is 11.9. The van der Waals surface area contributed by atoms with Crippen molar-refractivity contribution in [1.29, 1.82) is 0 Å². The number of rotatable bonds is 5. The van der Waals surface area contributed by atoms with E-state index in [9.17, 15) is 18.0 Å². The highest BCUT2D eigenvalue weighted by Gasteiger charge is 2.41. The largest absolute Gasteiger partial charge is 0.390 e. The predicted molar refractivity (Wildman–Crippen MR) is 67.4 cm³/mol. The molecule has 0 aromatic rings. The maximum absolute atomic E-state index is 12.3. The van der Waals surface area contributed by atoms with Crippen molar-refractivity contribution < 1.29 is 18.0 Å². The zero-order chi connectivity index (χ0) is 14.8. The van der Waals surface area contributed by atoms with Crippen molar-refractivity contribution in [1.82, 2.24) is 10.2 Å². The highest BCUT2D eigenvalue weighted by molar-refractivity contribution is 5.84. The Hall–Kier alpha value is -0.780. The van der Waals surface area contributed by atoms with Gasteiger partial charge in [0.05, 0.1) is 18.6 Å². The zero-order valence-corrected chi connectivity index (χ0v) is 11.9. The fraction of sp³-hybridized carbons (Fsp3) is 0.923. The van der Waals surface area contributed by atoms with E-state index in [1.54, 1.807) is 0 Å². The van der Waals surface area contributed by atoms with Crippen LogP contribution in [0.4, 0.5) is 13.2 Å². The minimum Gasteiger partial charge on any atom is -0.325 e. The van der Waals surface area contributed by atoms with Crippen LogP contribution in [0.5, 0.6) is 0 Å². The number of hydrogen-bond donors (Lipinski definition) is 1. The van der Waals surface area contributed by atoms with Crippen molar-refractivity contribution in [3.8, 4) is 0 Å². The van der Waals surface area contributed by atoms with Crippen LogP contribution >= 0.6 is 0 Å². The monoisotopic (exact) mass is 280 g/mol. The predicted octanol–water partition coefficient (Wildman–Crippen LogP) is 2.77. The van der Waals surface area contributed by atoms with Crippen LogP contribution in [0.1, 0.15) is 40.5 Å². The molecular weight excluding hydrogens is 257 g/mol. The van der Waals surface area contributed by atoms with Gasteiger partial charge in [-0.15, -0.1) is 0 Å². The normalized spacial score (nSPS) is 24.9. The lowest BCUT2D eigenvalue weighted by molar-refractivity contribution is -0.145. The molecule has 1 aliphatic rings. The minimum atomic E-state index is -4.22. The number of nitrogens with zero attached hydrogens (tertiary/aromatic N) is 1. The summed E-state index contributed by atoms with van der Waals surface area (Å²) in [5.74, 6) is 0.201. The Balaban J connectivity index is 2.73. The fourth-order valence-corrected chi connectivity index (χ4v) is 2.33. The average molecular weight is 280 g/mol. The van der Waals surface area contributed by atoms with E-state index in [1.165, 1.54) is 4.90 Å². The summed E-state index contributed by atoms with van der Waals surface area (Å²) in [6.07, 6.45) is -4.77. The quantitative estimate of drug-likeness (QED) is 0.840. The summed E-state index contributed by atoms with van der Waals surface area (Å²) >= 11 is 0. The molecule has 0 spiro atoms. The highest BCUT2D eigenvalue weighted by Crippen LogP contribution is 2.25. The Kier molecular flexibility index (Phi) is 5.24. The lowest BCUT2D eigenvalue weighted by atomic mass is 10.0. The van der Waals surface area contributed by atoms with E-state index in [0.717, 1.165) is 0 Å². The Morgan fingerprint density at radius 3 is 2.26 bits per heavy atom. The lowest BCUT2D eigenvalue weighted by Crippen LogP contribution is -2.40. The van der Waals surface area contributed by atoms with Gasteiger partial charge in [-0.1, -0.05) is 27.7 Å². The van der Waals surface area contributed by atoms with Crippen LogP contribution in [-0.4, -0.2) is 35.7 Å². The first-order chi connectivity index (χ1) is 8.61. The van der Waals surface area contributed by atoms with Gasteiger partial charge in [0, 0.05) is 6.54 Å². The maximum atomic E-state index is 12.3. The van der Waals surface area contributed by atoms with Crippen LogP contribution in [0.15, 0.2) is 0 Å². The summed E-state index contributed by atoms with van der Waals surface area (Å²) in [5, 5.41) is 3.17. The second kappa shape index (κ2) is 6.11. The standard InChI is InChI=1S/C13H23F3N2O/c1-8(2)7-10-17-11(9(3)4)12(19)18(10)6-5-13(14,15)16/h8-11,17H,5-7H2,1-4H3. The third-order valence-corrected chi connectivity index (χ3v) is 3.29. The molecule has 1 rings (SSSR count). The summed E-state index contributed by atoms with van der Waals surface area (Å²) in [7, 11) is 0. The van der Waals surface area contributed by atoms with Gasteiger partial charge < -0.3 is 4.90 Å². The van der Waals surface area contributed by atoms with Gasteiger partial charge in [-0.2, -0.15) is 13.2 Å². The number of carbonyl (C=O) groups is 1. The molecule has 6 heteroatoms. The molecule has 112 valence electrons. The van der Waals surface area contributed by atoms with Crippen molar-refractivity contribution in [3.05, 3.63) is 0 Å². The molecule has 1 amide bonds. The Morgan fingerprint density at radius 1 is 1.26 bits per heavy atom. The smallest absolute Gasteiger partial charge is 0.325 e. The first-order valence-corrected chi connectivity index (χ1v) is 6.75. The van der Waals surface area contributed by atoms with Crippen LogP contribution in [0.2, 0.25) is 0 Å². The van der Waals surface area contributed by atoms with E-state index in [2.05, 4.69) is 5.32 Å². The van der Waals surface area contributed by atoms with Crippen molar-refractivity contribution in [3.63, 3.8) is 0 Å². The van der Waals surface area contributed by atoms with E-state index < -0.39 is 12.6 Å². The summed E-state index contributed by atoms with van der Waals surface area (Å²) in [6.45, 7) is 7.54. The fourth-order valence-electron chi connectivity index (χ4n) is 2.33. The third kappa shape index (κ3) is 4.67. The summed E-state index contributed by atoms with van der Waals surface area (Å²) in [6, 6.07) is -0.364. The first-order valence-electron chi connectivity index (χ1n) is 6.75. The molecule has 0 bridgehead atoms. The molecule has 0 aromatic carbocycles. The van der Waals surface area contributed by atoms with Gasteiger partial charge in [0.1, 0.15) is 0 Å². The van der Waals surface area contributed by atoms with Gasteiger partial charge >= 0.3 is 6.18 Å². The molecule has 1 heterocycles. The molecule has 0 radical (unpaired) electrons. The van der Waals surface area contributed by atoms with E-state index in [0.29, 0.717) is 12.3 Å². The van der Waals surface area contributed by atoms with Crippen LogP contribution in [0.25, 0.3) is 0 Å². The molecule has 3 nitrogen and oxygen atoms in total. The topological polar surface area (TPSA) is 32.3 Å². The second-order valence-electron chi connectivity index (χ2n) is 5.93. The maximum Gasteiger partial charge on any atom is 0.390 e. The van der Waals surface area contributed by atoms with E-state index in [4.69, 9.17) is 0 Å². The van der Waals surface area contributed by atoms with Gasteiger partial charge in [-0.3, -0.25) is 10.1 Å².